The van der Waals surface area contributed by atoms with Crippen LogP contribution in [0.25, 0.3) is 0 Å². The van der Waals surface area contributed by atoms with Crippen LogP contribution in [0.15, 0.2) is 76.3 Å². The molecule has 9 heteroatoms. The van der Waals surface area contributed by atoms with Crippen molar-refractivity contribution in [3.8, 4) is 11.5 Å². The Labute approximate surface area is 203 Å². The Balaban J connectivity index is 1.51. The number of hydrogen-bond acceptors (Lipinski definition) is 5. The van der Waals surface area contributed by atoms with E-state index in [1.807, 2.05) is 0 Å². The number of benzene rings is 3. The minimum atomic E-state index is -0.828. The summed E-state index contributed by atoms with van der Waals surface area (Å²) in [4.78, 5) is 24.3. The molecular formula is C23H17BrCl2N2O4. The summed E-state index contributed by atoms with van der Waals surface area (Å²) in [5.41, 5.74) is 3.54. The number of nitrogens with one attached hydrogen (secondary N) is 1. The van der Waals surface area contributed by atoms with E-state index in [0.29, 0.717) is 32.7 Å². The SMILES string of the molecule is C[C@H](Oc1ccc(Cl)cc1Cl)C(=O)N/N=C\c1ccc(OC(=O)c2ccc(Br)cc2)cc1. The predicted octanol–water partition coefficient (Wildman–Crippen LogP) is 5.89. The lowest BCUT2D eigenvalue weighted by Gasteiger charge is -2.14. The van der Waals surface area contributed by atoms with E-state index in [1.54, 1.807) is 67.6 Å². The second kappa shape index (κ2) is 11.1. The van der Waals surface area contributed by atoms with E-state index in [0.717, 1.165) is 4.47 Å². The number of halogens is 3. The third-order valence-corrected chi connectivity index (χ3v) is 5.18. The highest BCUT2D eigenvalue weighted by atomic mass is 79.9. The summed E-state index contributed by atoms with van der Waals surface area (Å²) in [7, 11) is 0. The van der Waals surface area contributed by atoms with Gasteiger partial charge in [0.1, 0.15) is 11.5 Å². The van der Waals surface area contributed by atoms with E-state index in [-0.39, 0.29) is 0 Å². The van der Waals surface area contributed by atoms with Crippen LogP contribution in [0.2, 0.25) is 10.0 Å². The van der Waals surface area contributed by atoms with Gasteiger partial charge in [-0.3, -0.25) is 4.79 Å². The van der Waals surface area contributed by atoms with Crippen molar-refractivity contribution < 1.29 is 19.1 Å². The van der Waals surface area contributed by atoms with Crippen molar-refractivity contribution in [2.75, 3.05) is 0 Å². The third kappa shape index (κ3) is 6.82. The van der Waals surface area contributed by atoms with Crippen molar-refractivity contribution in [2.24, 2.45) is 5.10 Å². The molecule has 0 saturated carbocycles. The van der Waals surface area contributed by atoms with E-state index in [9.17, 15) is 9.59 Å². The molecule has 3 rings (SSSR count). The molecule has 1 atom stereocenters. The number of esters is 1. The van der Waals surface area contributed by atoms with E-state index in [4.69, 9.17) is 32.7 Å². The molecule has 6 nitrogen and oxygen atoms in total. The molecule has 0 aliphatic carbocycles. The number of nitrogens with zero attached hydrogens (tertiary/aromatic N) is 1. The van der Waals surface area contributed by atoms with E-state index >= 15 is 0 Å². The van der Waals surface area contributed by atoms with Gasteiger partial charge in [-0.05, 0) is 79.2 Å². The fourth-order valence-electron chi connectivity index (χ4n) is 2.45. The molecule has 0 heterocycles. The zero-order chi connectivity index (χ0) is 23.1. The molecule has 0 radical (unpaired) electrons. The van der Waals surface area contributed by atoms with Gasteiger partial charge in [-0.2, -0.15) is 5.10 Å². The molecule has 0 aromatic heterocycles. The lowest BCUT2D eigenvalue weighted by atomic mass is 10.2. The van der Waals surface area contributed by atoms with Crippen LogP contribution >= 0.6 is 39.1 Å². The molecule has 3 aromatic carbocycles. The monoisotopic (exact) mass is 534 g/mol. The largest absolute Gasteiger partial charge is 0.479 e. The normalized spacial score (nSPS) is 11.8. The average molecular weight is 536 g/mol. The van der Waals surface area contributed by atoms with Gasteiger partial charge in [0.2, 0.25) is 0 Å². The minimum absolute atomic E-state index is 0.307. The maximum Gasteiger partial charge on any atom is 0.343 e. The fourth-order valence-corrected chi connectivity index (χ4v) is 3.17. The standard InChI is InChI=1S/C23H17BrCl2N2O4/c1-14(31-21-11-8-18(25)12-20(21)26)22(29)28-27-13-15-2-9-19(10-3-15)32-23(30)16-4-6-17(24)7-5-16/h2-14H,1H3,(H,28,29)/b27-13-/t14-/m0/s1. The van der Waals surface area contributed by atoms with E-state index < -0.39 is 18.0 Å². The lowest BCUT2D eigenvalue weighted by Crippen LogP contribution is -2.33. The molecule has 164 valence electrons. The zero-order valence-corrected chi connectivity index (χ0v) is 19.8. The van der Waals surface area contributed by atoms with Gasteiger partial charge in [-0.1, -0.05) is 39.1 Å². The van der Waals surface area contributed by atoms with Crippen LogP contribution in [0.4, 0.5) is 0 Å². The first-order chi connectivity index (χ1) is 15.3. The molecule has 1 N–H and O–H groups in total. The highest BCUT2D eigenvalue weighted by Gasteiger charge is 2.15. The third-order valence-electron chi connectivity index (χ3n) is 4.13. The van der Waals surface area contributed by atoms with Crippen LogP contribution in [0.1, 0.15) is 22.8 Å². The van der Waals surface area contributed by atoms with Gasteiger partial charge in [-0.25, -0.2) is 10.2 Å². The molecule has 0 saturated heterocycles. The molecule has 0 spiro atoms. The molecule has 0 fully saturated rings. The number of hydrogen-bond donors (Lipinski definition) is 1. The van der Waals surface area contributed by atoms with E-state index in [1.165, 1.54) is 12.3 Å². The molecule has 0 unspecified atom stereocenters. The summed E-state index contributed by atoms with van der Waals surface area (Å²) in [6.07, 6.45) is 0.631. The topological polar surface area (TPSA) is 77.0 Å². The van der Waals surface area contributed by atoms with Gasteiger partial charge >= 0.3 is 5.97 Å². The summed E-state index contributed by atoms with van der Waals surface area (Å²) in [5, 5.41) is 4.69. The molecule has 0 aliphatic heterocycles. The number of rotatable bonds is 7. The molecular weight excluding hydrogens is 519 g/mol. The van der Waals surface area contributed by atoms with Gasteiger partial charge in [0.25, 0.3) is 5.91 Å². The minimum Gasteiger partial charge on any atom is -0.479 e. The quantitative estimate of drug-likeness (QED) is 0.177. The second-order valence-corrected chi connectivity index (χ2v) is 8.29. The summed E-state index contributed by atoms with van der Waals surface area (Å²) < 4.78 is 11.7. The molecule has 0 aliphatic rings. The second-order valence-electron chi connectivity index (χ2n) is 6.53. The molecule has 1 amide bonds. The molecule has 3 aromatic rings. The Hall–Kier alpha value is -2.87. The van der Waals surface area contributed by atoms with Gasteiger partial charge in [-0.15, -0.1) is 0 Å². The first-order valence-electron chi connectivity index (χ1n) is 9.34. The summed E-state index contributed by atoms with van der Waals surface area (Å²) in [6.45, 7) is 1.57. The highest BCUT2D eigenvalue weighted by molar-refractivity contribution is 9.10. The Morgan fingerprint density at radius 2 is 1.72 bits per heavy atom. The Kier molecular flexibility index (Phi) is 8.27. The Morgan fingerprint density at radius 3 is 2.38 bits per heavy atom. The van der Waals surface area contributed by atoms with Crippen LogP contribution in [0.5, 0.6) is 11.5 Å². The van der Waals surface area contributed by atoms with Gasteiger partial charge < -0.3 is 9.47 Å². The Morgan fingerprint density at radius 1 is 1.03 bits per heavy atom. The van der Waals surface area contributed by atoms with Crippen molar-refractivity contribution in [3.05, 3.63) is 92.4 Å². The van der Waals surface area contributed by atoms with Crippen molar-refractivity contribution in [1.82, 2.24) is 5.43 Å². The summed E-state index contributed by atoms with van der Waals surface area (Å²) in [5.74, 6) is -0.176. The zero-order valence-electron chi connectivity index (χ0n) is 16.7. The first-order valence-corrected chi connectivity index (χ1v) is 10.9. The number of amides is 1. The molecule has 32 heavy (non-hydrogen) atoms. The molecule has 0 bridgehead atoms. The van der Waals surface area contributed by atoms with Crippen molar-refractivity contribution in [3.63, 3.8) is 0 Å². The number of carbonyl (C=O) groups excluding carboxylic acids is 2. The Bertz CT molecular complexity index is 1140. The van der Waals surface area contributed by atoms with Gasteiger partial charge in [0.05, 0.1) is 16.8 Å². The first kappa shape index (κ1) is 23.8. The fraction of sp³-hybridized carbons (Fsp3) is 0.0870. The van der Waals surface area contributed by atoms with Crippen LogP contribution in [-0.4, -0.2) is 24.2 Å². The maximum atomic E-state index is 12.2. The van der Waals surface area contributed by atoms with Crippen LogP contribution in [-0.2, 0) is 4.79 Å². The smallest absolute Gasteiger partial charge is 0.343 e. The lowest BCUT2D eigenvalue weighted by molar-refractivity contribution is -0.127. The van der Waals surface area contributed by atoms with Gasteiger partial charge in [0.15, 0.2) is 6.10 Å². The number of carbonyl (C=O) groups is 2. The van der Waals surface area contributed by atoms with E-state index in [2.05, 4.69) is 26.5 Å². The summed E-state index contributed by atoms with van der Waals surface area (Å²) in [6, 6.07) is 18.3. The number of ether oxygens (including phenoxy) is 2. The predicted molar refractivity (Wildman–Crippen MR) is 128 cm³/mol. The van der Waals surface area contributed by atoms with Crippen LogP contribution < -0.4 is 14.9 Å². The van der Waals surface area contributed by atoms with Crippen LogP contribution in [0, 0.1) is 0 Å². The van der Waals surface area contributed by atoms with Crippen molar-refractivity contribution >= 4 is 57.2 Å². The average Bonchev–Trinajstić information content (AvgIpc) is 2.77. The summed E-state index contributed by atoms with van der Waals surface area (Å²) >= 11 is 15.2. The maximum absolute atomic E-state index is 12.2. The van der Waals surface area contributed by atoms with Crippen LogP contribution in [0.3, 0.4) is 0 Å². The van der Waals surface area contributed by atoms with Crippen molar-refractivity contribution in [1.29, 1.82) is 0 Å². The number of hydrazone groups is 1. The van der Waals surface area contributed by atoms with Gasteiger partial charge in [0, 0.05) is 9.50 Å². The van der Waals surface area contributed by atoms with Crippen molar-refractivity contribution in [2.45, 2.75) is 13.0 Å². The highest BCUT2D eigenvalue weighted by Crippen LogP contribution is 2.28.